The first-order valence-corrected chi connectivity index (χ1v) is 18.0. The maximum Gasteiger partial charge on any atom is -0.00199 e. The Kier molecular flexibility index (Phi) is 7.79. The van der Waals surface area contributed by atoms with Gasteiger partial charge in [-0.2, -0.15) is 0 Å². The summed E-state index contributed by atoms with van der Waals surface area (Å²) in [4.78, 5) is 0. The molecule has 0 atom stereocenters. The van der Waals surface area contributed by atoms with Crippen molar-refractivity contribution in [3.8, 4) is 55.6 Å². The highest BCUT2D eigenvalue weighted by molar-refractivity contribution is 6.22. The van der Waals surface area contributed by atoms with Crippen LogP contribution in [-0.4, -0.2) is 0 Å². The van der Waals surface area contributed by atoms with Crippen LogP contribution in [-0.2, 0) is 0 Å². The molecule has 0 bridgehead atoms. The van der Waals surface area contributed by atoms with Gasteiger partial charge in [0, 0.05) is 0 Å². The predicted octanol–water partition coefficient (Wildman–Crippen LogP) is 14.6. The van der Waals surface area contributed by atoms with E-state index in [-0.39, 0.29) is 0 Å². The molecular weight excluding hydrogens is 613 g/mol. The summed E-state index contributed by atoms with van der Waals surface area (Å²) in [5.74, 6) is 0.457. The zero-order valence-corrected chi connectivity index (χ0v) is 29.0. The van der Waals surface area contributed by atoms with Gasteiger partial charge in [-0.1, -0.05) is 196 Å². The van der Waals surface area contributed by atoms with Crippen molar-refractivity contribution in [3.63, 3.8) is 0 Å². The van der Waals surface area contributed by atoms with Gasteiger partial charge in [0.25, 0.3) is 0 Å². The Bertz CT molecular complexity index is 2630. The van der Waals surface area contributed by atoms with Gasteiger partial charge in [-0.3, -0.25) is 0 Å². The van der Waals surface area contributed by atoms with Crippen LogP contribution in [0.3, 0.4) is 0 Å². The van der Waals surface area contributed by atoms with Crippen molar-refractivity contribution < 1.29 is 0 Å². The quantitative estimate of drug-likeness (QED) is 0.157. The second-order valence-corrected chi connectivity index (χ2v) is 13.9. The third-order valence-corrected chi connectivity index (χ3v) is 10.5. The lowest BCUT2D eigenvalue weighted by atomic mass is 9.82. The molecule has 0 aliphatic rings. The Morgan fingerprint density at radius 2 is 0.804 bits per heavy atom. The smallest absolute Gasteiger partial charge is 0.00199 e. The second kappa shape index (κ2) is 12.9. The van der Waals surface area contributed by atoms with Crippen molar-refractivity contribution in [1.29, 1.82) is 0 Å². The summed E-state index contributed by atoms with van der Waals surface area (Å²) in [6.45, 7) is 4.54. The number of hydrogen-bond acceptors (Lipinski definition) is 0. The van der Waals surface area contributed by atoms with Crippen molar-refractivity contribution in [1.82, 2.24) is 0 Å². The molecule has 0 unspecified atom stereocenters. The lowest BCUT2D eigenvalue weighted by Gasteiger charge is -2.21. The minimum atomic E-state index is 0.457. The highest BCUT2D eigenvalue weighted by Gasteiger charge is 2.20. The highest BCUT2D eigenvalue weighted by Crippen LogP contribution is 2.47. The van der Waals surface area contributed by atoms with E-state index in [1.165, 1.54) is 93.5 Å². The van der Waals surface area contributed by atoms with E-state index < -0.39 is 0 Å². The van der Waals surface area contributed by atoms with Crippen molar-refractivity contribution >= 4 is 32.3 Å². The van der Waals surface area contributed by atoms with Gasteiger partial charge in [-0.25, -0.2) is 0 Å². The van der Waals surface area contributed by atoms with Crippen LogP contribution in [0.5, 0.6) is 0 Å². The molecule has 0 aliphatic heterocycles. The van der Waals surface area contributed by atoms with Crippen LogP contribution < -0.4 is 0 Å². The molecule has 0 radical (unpaired) electrons. The minimum absolute atomic E-state index is 0.457. The second-order valence-electron chi connectivity index (χ2n) is 13.9. The van der Waals surface area contributed by atoms with Crippen LogP contribution >= 0.6 is 0 Å². The molecular formula is C51H38. The third kappa shape index (κ3) is 5.50. The molecule has 9 rings (SSSR count). The molecule has 0 amide bonds. The Balaban J connectivity index is 1.27. The number of rotatable bonds is 6. The summed E-state index contributed by atoms with van der Waals surface area (Å²) < 4.78 is 0. The SMILES string of the molecule is CC(C)c1cccc(-c2c3ccccc3c(-c3cc(-c4ccc(-c5cccc6ccccc56)cc4)ccc3-c3ccccc3)c3ccccc23)c1. The van der Waals surface area contributed by atoms with E-state index in [4.69, 9.17) is 0 Å². The zero-order chi connectivity index (χ0) is 34.3. The van der Waals surface area contributed by atoms with E-state index in [1.807, 2.05) is 0 Å². The summed E-state index contributed by atoms with van der Waals surface area (Å²) in [7, 11) is 0. The predicted molar refractivity (Wildman–Crippen MR) is 220 cm³/mol. The molecule has 0 saturated carbocycles. The van der Waals surface area contributed by atoms with E-state index in [1.54, 1.807) is 0 Å². The van der Waals surface area contributed by atoms with Gasteiger partial charge in [-0.05, 0) is 105 Å². The molecule has 51 heavy (non-hydrogen) atoms. The van der Waals surface area contributed by atoms with E-state index in [9.17, 15) is 0 Å². The van der Waals surface area contributed by atoms with Crippen LogP contribution in [0.2, 0.25) is 0 Å². The zero-order valence-electron chi connectivity index (χ0n) is 29.0. The molecule has 0 fully saturated rings. The molecule has 0 aromatic heterocycles. The maximum absolute atomic E-state index is 2.42. The normalized spacial score (nSPS) is 11.5. The molecule has 9 aromatic rings. The molecule has 242 valence electrons. The topological polar surface area (TPSA) is 0 Å². The van der Waals surface area contributed by atoms with Gasteiger partial charge < -0.3 is 0 Å². The fraction of sp³-hybridized carbons (Fsp3) is 0.0588. The molecule has 0 heterocycles. The standard InChI is InChI=1S/C51H38/c1-34(2)39-18-12-19-41(32-39)50-45-21-8-10-23-47(45)51(48-24-11-9-22-46(48)50)49-33-40(30-31-44(49)36-14-4-3-5-15-36)35-26-28-38(29-27-35)43-25-13-17-37-16-6-7-20-42(37)43/h3-34H,1-2H3. The number of hydrogen-bond donors (Lipinski definition) is 0. The number of benzene rings is 9. The van der Waals surface area contributed by atoms with E-state index in [0.29, 0.717) is 5.92 Å². The Hall–Kier alpha value is -6.24. The first kappa shape index (κ1) is 30.8. The van der Waals surface area contributed by atoms with Gasteiger partial charge in [-0.15, -0.1) is 0 Å². The summed E-state index contributed by atoms with van der Waals surface area (Å²) in [5, 5.41) is 7.62. The van der Waals surface area contributed by atoms with Crippen LogP contribution in [0, 0.1) is 0 Å². The van der Waals surface area contributed by atoms with Gasteiger partial charge in [0.1, 0.15) is 0 Å². The van der Waals surface area contributed by atoms with Crippen LogP contribution in [0.4, 0.5) is 0 Å². The molecule has 0 saturated heterocycles. The Morgan fingerprint density at radius 1 is 0.294 bits per heavy atom. The molecule has 0 nitrogen and oxygen atoms in total. The van der Waals surface area contributed by atoms with E-state index in [0.717, 1.165) is 0 Å². The Labute approximate surface area is 300 Å². The lowest BCUT2D eigenvalue weighted by molar-refractivity contribution is 0.867. The van der Waals surface area contributed by atoms with Crippen molar-refractivity contribution in [2.75, 3.05) is 0 Å². The first-order valence-electron chi connectivity index (χ1n) is 18.0. The van der Waals surface area contributed by atoms with Gasteiger partial charge in [0.2, 0.25) is 0 Å². The average molecular weight is 651 g/mol. The molecule has 0 spiro atoms. The monoisotopic (exact) mass is 650 g/mol. The molecule has 9 aromatic carbocycles. The summed E-state index contributed by atoms with van der Waals surface area (Å²) in [6.07, 6.45) is 0. The van der Waals surface area contributed by atoms with Crippen LogP contribution in [0.1, 0.15) is 25.3 Å². The lowest BCUT2D eigenvalue weighted by Crippen LogP contribution is -1.94. The largest absolute Gasteiger partial charge is 0.0622 e. The van der Waals surface area contributed by atoms with Crippen molar-refractivity contribution in [2.45, 2.75) is 19.8 Å². The number of fused-ring (bicyclic) bond motifs is 3. The minimum Gasteiger partial charge on any atom is -0.0622 e. The van der Waals surface area contributed by atoms with Gasteiger partial charge in [0.05, 0.1) is 0 Å². The summed E-state index contributed by atoms with van der Waals surface area (Å²) in [5.41, 5.74) is 13.8. The molecule has 0 heteroatoms. The summed E-state index contributed by atoms with van der Waals surface area (Å²) in [6, 6.07) is 69.3. The van der Waals surface area contributed by atoms with E-state index in [2.05, 4.69) is 202 Å². The average Bonchev–Trinajstić information content (AvgIpc) is 3.20. The Morgan fingerprint density at radius 3 is 1.49 bits per heavy atom. The van der Waals surface area contributed by atoms with Crippen LogP contribution in [0.25, 0.3) is 88.0 Å². The maximum atomic E-state index is 2.42. The van der Waals surface area contributed by atoms with Gasteiger partial charge >= 0.3 is 0 Å². The molecule has 0 N–H and O–H groups in total. The highest BCUT2D eigenvalue weighted by atomic mass is 14.2. The fourth-order valence-corrected chi connectivity index (χ4v) is 7.90. The van der Waals surface area contributed by atoms with E-state index >= 15 is 0 Å². The molecule has 0 aliphatic carbocycles. The fourth-order valence-electron chi connectivity index (χ4n) is 7.90. The first-order chi connectivity index (χ1) is 25.1. The van der Waals surface area contributed by atoms with Crippen molar-refractivity contribution in [3.05, 3.63) is 194 Å². The third-order valence-electron chi connectivity index (χ3n) is 10.5. The van der Waals surface area contributed by atoms with Gasteiger partial charge in [0.15, 0.2) is 0 Å². The summed E-state index contributed by atoms with van der Waals surface area (Å²) >= 11 is 0. The van der Waals surface area contributed by atoms with Crippen LogP contribution in [0.15, 0.2) is 188 Å². The van der Waals surface area contributed by atoms with Crippen molar-refractivity contribution in [2.24, 2.45) is 0 Å².